The molecule has 26 heavy (non-hydrogen) atoms. The van der Waals surface area contributed by atoms with E-state index in [1.165, 1.54) is 6.33 Å². The van der Waals surface area contributed by atoms with E-state index in [4.69, 9.17) is 10.8 Å². The largest absolute Gasteiger partial charge is 0.478 e. The Morgan fingerprint density at radius 3 is 2.46 bits per heavy atom. The second-order valence-electron chi connectivity index (χ2n) is 6.11. The number of fused-ring (bicyclic) bond motifs is 1. The minimum atomic E-state index is -1.33. The second kappa shape index (κ2) is 6.83. The van der Waals surface area contributed by atoms with Crippen LogP contribution in [0, 0.1) is 0 Å². The number of nitrogens with two attached hydrogens (primary N) is 1. The predicted molar refractivity (Wildman–Crippen MR) is 91.5 cm³/mol. The lowest BCUT2D eigenvalue weighted by Gasteiger charge is -2.25. The van der Waals surface area contributed by atoms with Crippen LogP contribution >= 0.6 is 0 Å². The first-order valence-corrected chi connectivity index (χ1v) is 7.99. The summed E-state index contributed by atoms with van der Waals surface area (Å²) >= 11 is 0. The van der Waals surface area contributed by atoms with Crippen LogP contribution in [0.15, 0.2) is 36.7 Å². The minimum Gasteiger partial charge on any atom is -0.478 e. The van der Waals surface area contributed by atoms with Crippen molar-refractivity contribution in [1.29, 1.82) is 0 Å². The van der Waals surface area contributed by atoms with Crippen molar-refractivity contribution < 1.29 is 24.6 Å². The van der Waals surface area contributed by atoms with E-state index >= 15 is 0 Å². The maximum Gasteiger partial charge on any atom is 0.338 e. The first kappa shape index (κ1) is 17.4. The van der Waals surface area contributed by atoms with E-state index in [2.05, 4.69) is 4.98 Å². The smallest absolute Gasteiger partial charge is 0.338 e. The van der Waals surface area contributed by atoms with Gasteiger partial charge in [-0.2, -0.15) is 0 Å². The zero-order chi connectivity index (χ0) is 18.8. The maximum absolute atomic E-state index is 11.4. The van der Waals surface area contributed by atoms with Gasteiger partial charge in [0.15, 0.2) is 0 Å². The summed E-state index contributed by atoms with van der Waals surface area (Å²) in [4.78, 5) is 37.7. The zero-order valence-corrected chi connectivity index (χ0v) is 13.8. The lowest BCUT2D eigenvalue weighted by molar-refractivity contribution is -0.133. The van der Waals surface area contributed by atoms with Crippen LogP contribution in [0.5, 0.6) is 0 Å². The SMILES string of the molecule is NC(=O)c1ccc(C2CCn3cnc(C(=CC(=O)O)C(=O)O)c3C2)cc1. The Hall–Kier alpha value is -3.42. The van der Waals surface area contributed by atoms with Crippen LogP contribution in [-0.2, 0) is 22.6 Å². The summed E-state index contributed by atoms with van der Waals surface area (Å²) in [6.45, 7) is 0.643. The Labute approximate surface area is 148 Å². The number of amides is 1. The molecule has 8 heteroatoms. The number of hydrogen-bond acceptors (Lipinski definition) is 4. The summed E-state index contributed by atoms with van der Waals surface area (Å²) in [6, 6.07) is 7.00. The first-order valence-electron chi connectivity index (χ1n) is 7.99. The molecule has 1 aromatic heterocycles. The fraction of sp³-hybridized carbons (Fsp3) is 0.222. The molecule has 1 aliphatic rings. The fourth-order valence-corrected chi connectivity index (χ4v) is 3.23. The van der Waals surface area contributed by atoms with Crippen molar-refractivity contribution in [2.75, 3.05) is 0 Å². The van der Waals surface area contributed by atoms with E-state index in [-0.39, 0.29) is 17.2 Å². The molecule has 2 heterocycles. The van der Waals surface area contributed by atoms with Gasteiger partial charge in [-0.3, -0.25) is 4.79 Å². The topological polar surface area (TPSA) is 136 Å². The number of nitrogens with zero attached hydrogens (tertiary/aromatic N) is 2. The van der Waals surface area contributed by atoms with Gasteiger partial charge in [0.05, 0.1) is 17.6 Å². The molecule has 0 fully saturated rings. The van der Waals surface area contributed by atoms with Crippen molar-refractivity contribution in [2.45, 2.75) is 25.3 Å². The van der Waals surface area contributed by atoms with Crippen LogP contribution in [0.1, 0.15) is 39.6 Å². The second-order valence-corrected chi connectivity index (χ2v) is 6.11. The van der Waals surface area contributed by atoms with Gasteiger partial charge in [-0.15, -0.1) is 0 Å². The Bertz CT molecular complexity index is 911. The van der Waals surface area contributed by atoms with Gasteiger partial charge < -0.3 is 20.5 Å². The number of carbonyl (C=O) groups excluding carboxylic acids is 1. The van der Waals surface area contributed by atoms with Crippen LogP contribution in [0.3, 0.4) is 0 Å². The van der Waals surface area contributed by atoms with Crippen LogP contribution in [0.2, 0.25) is 0 Å². The standard InChI is InChI=1S/C18H17N3O5/c19-17(24)11-3-1-10(2-4-11)12-5-6-21-9-20-16(14(21)7-12)13(18(25)26)8-15(22)23/h1-4,8-9,12H,5-7H2,(H2,19,24)(H,22,23)(H,25,26). The number of aliphatic carboxylic acids is 2. The molecule has 0 saturated heterocycles. The van der Waals surface area contributed by atoms with Crippen LogP contribution in [-0.4, -0.2) is 37.6 Å². The molecule has 4 N–H and O–H groups in total. The molecule has 134 valence electrons. The molecule has 0 spiro atoms. The van der Waals surface area contributed by atoms with E-state index in [1.54, 1.807) is 12.1 Å². The Morgan fingerprint density at radius 2 is 1.88 bits per heavy atom. The summed E-state index contributed by atoms with van der Waals surface area (Å²) in [5.74, 6) is -3.05. The Balaban J connectivity index is 1.93. The fourth-order valence-electron chi connectivity index (χ4n) is 3.23. The average Bonchev–Trinajstić information content (AvgIpc) is 3.02. The van der Waals surface area contributed by atoms with Gasteiger partial charge in [0.1, 0.15) is 0 Å². The highest BCUT2D eigenvalue weighted by molar-refractivity contribution is 6.19. The van der Waals surface area contributed by atoms with E-state index in [1.807, 2.05) is 16.7 Å². The first-order chi connectivity index (χ1) is 12.4. The third-order valence-electron chi connectivity index (χ3n) is 4.52. The number of carbonyl (C=O) groups is 3. The third-order valence-corrected chi connectivity index (χ3v) is 4.52. The van der Waals surface area contributed by atoms with E-state index < -0.39 is 17.8 Å². The van der Waals surface area contributed by atoms with E-state index in [9.17, 15) is 19.5 Å². The van der Waals surface area contributed by atoms with Crippen molar-refractivity contribution in [3.63, 3.8) is 0 Å². The molecule has 0 aliphatic carbocycles. The maximum atomic E-state index is 11.4. The van der Waals surface area contributed by atoms with Crippen molar-refractivity contribution in [3.05, 3.63) is 59.2 Å². The van der Waals surface area contributed by atoms with Crippen LogP contribution < -0.4 is 5.73 Å². The number of aryl methyl sites for hydroxylation is 1. The molecule has 0 radical (unpaired) electrons. The highest BCUT2D eigenvalue weighted by Crippen LogP contribution is 2.33. The molecule has 1 amide bonds. The predicted octanol–water partition coefficient (Wildman–Crippen LogP) is 1.26. The zero-order valence-electron chi connectivity index (χ0n) is 13.8. The molecule has 3 rings (SSSR count). The van der Waals surface area contributed by atoms with Crippen LogP contribution in [0.4, 0.5) is 0 Å². The number of imidazole rings is 1. The minimum absolute atomic E-state index is 0.111. The Kier molecular flexibility index (Phi) is 4.57. The van der Waals surface area contributed by atoms with Gasteiger partial charge in [0.25, 0.3) is 0 Å². The molecule has 1 aromatic carbocycles. The monoisotopic (exact) mass is 355 g/mol. The number of carboxylic acid groups (broad SMARTS) is 2. The van der Waals surface area contributed by atoms with Crippen molar-refractivity contribution in [3.8, 4) is 0 Å². The summed E-state index contributed by atoms with van der Waals surface area (Å²) in [7, 11) is 0. The molecule has 1 unspecified atom stereocenters. The molecule has 2 aromatic rings. The summed E-state index contributed by atoms with van der Waals surface area (Å²) in [5.41, 5.74) is 7.22. The summed E-state index contributed by atoms with van der Waals surface area (Å²) in [5, 5.41) is 18.3. The van der Waals surface area contributed by atoms with E-state index in [0.29, 0.717) is 30.3 Å². The normalized spacial score (nSPS) is 16.8. The quantitative estimate of drug-likeness (QED) is 0.691. The van der Waals surface area contributed by atoms with E-state index in [0.717, 1.165) is 12.0 Å². The van der Waals surface area contributed by atoms with Gasteiger partial charge in [0, 0.05) is 23.9 Å². The molecule has 8 nitrogen and oxygen atoms in total. The summed E-state index contributed by atoms with van der Waals surface area (Å²) < 4.78 is 1.85. The summed E-state index contributed by atoms with van der Waals surface area (Å²) in [6.07, 6.45) is 3.55. The van der Waals surface area contributed by atoms with Gasteiger partial charge in [-0.25, -0.2) is 14.6 Å². The van der Waals surface area contributed by atoms with Gasteiger partial charge in [-0.1, -0.05) is 12.1 Å². The number of hydrogen-bond donors (Lipinski definition) is 3. The molecule has 1 atom stereocenters. The lowest BCUT2D eigenvalue weighted by atomic mass is 9.87. The number of carboxylic acids is 2. The van der Waals surface area contributed by atoms with Crippen molar-refractivity contribution in [1.82, 2.24) is 9.55 Å². The average molecular weight is 355 g/mol. The van der Waals surface area contributed by atoms with Gasteiger partial charge >= 0.3 is 11.9 Å². The molecular formula is C18H17N3O5. The highest BCUT2D eigenvalue weighted by Gasteiger charge is 2.27. The van der Waals surface area contributed by atoms with Crippen LogP contribution in [0.25, 0.3) is 5.57 Å². The highest BCUT2D eigenvalue weighted by atomic mass is 16.4. The number of primary amides is 1. The number of rotatable bonds is 5. The molecule has 0 saturated carbocycles. The Morgan fingerprint density at radius 1 is 1.19 bits per heavy atom. The lowest BCUT2D eigenvalue weighted by Crippen LogP contribution is -2.19. The molecule has 0 bridgehead atoms. The third kappa shape index (κ3) is 3.34. The number of benzene rings is 1. The van der Waals surface area contributed by atoms with Gasteiger partial charge in [0.2, 0.25) is 5.91 Å². The van der Waals surface area contributed by atoms with Crippen molar-refractivity contribution >= 4 is 23.4 Å². The van der Waals surface area contributed by atoms with Crippen molar-refractivity contribution in [2.24, 2.45) is 5.73 Å². The van der Waals surface area contributed by atoms with Gasteiger partial charge in [-0.05, 0) is 36.5 Å². The molecule has 1 aliphatic heterocycles. The number of aromatic nitrogens is 2. The molecular weight excluding hydrogens is 338 g/mol.